The Morgan fingerprint density at radius 3 is 2.86 bits per heavy atom. The minimum absolute atomic E-state index is 0.0150. The van der Waals surface area contributed by atoms with Crippen molar-refractivity contribution in [2.45, 2.75) is 44.7 Å². The Balaban J connectivity index is 1.64. The third-order valence-electron chi connectivity index (χ3n) is 4.00. The molecule has 4 nitrogen and oxygen atoms in total. The summed E-state index contributed by atoms with van der Waals surface area (Å²) in [6.07, 6.45) is 3.46. The first-order valence-corrected chi connectivity index (χ1v) is 8.00. The van der Waals surface area contributed by atoms with Gasteiger partial charge in [0.2, 0.25) is 5.89 Å². The number of nitrogens with one attached hydrogen (secondary N) is 1. The largest absolute Gasteiger partial charge is 0.338 e. The Bertz CT molecular complexity index is 673. The van der Waals surface area contributed by atoms with E-state index in [4.69, 9.17) is 27.7 Å². The van der Waals surface area contributed by atoms with Gasteiger partial charge in [-0.1, -0.05) is 34.8 Å². The van der Waals surface area contributed by atoms with Gasteiger partial charge in [0.15, 0.2) is 5.82 Å². The van der Waals surface area contributed by atoms with E-state index < -0.39 is 5.82 Å². The van der Waals surface area contributed by atoms with Gasteiger partial charge in [-0.05, 0) is 31.9 Å². The van der Waals surface area contributed by atoms with E-state index >= 15 is 0 Å². The van der Waals surface area contributed by atoms with Crippen LogP contribution in [0.3, 0.4) is 0 Å². The number of halogens is 3. The fourth-order valence-electron chi connectivity index (χ4n) is 2.41. The van der Waals surface area contributed by atoms with Gasteiger partial charge in [0, 0.05) is 22.5 Å². The molecule has 2 aromatic rings. The number of benzene rings is 1. The normalized spacial score (nSPS) is 16.5. The van der Waals surface area contributed by atoms with Crippen LogP contribution in [0.15, 0.2) is 16.7 Å². The van der Waals surface area contributed by atoms with Crippen LogP contribution in [0, 0.1) is 5.82 Å². The number of hydrogen-bond acceptors (Lipinski definition) is 4. The molecule has 7 heteroatoms. The Morgan fingerprint density at radius 1 is 1.41 bits per heavy atom. The molecule has 1 fully saturated rings. The summed E-state index contributed by atoms with van der Waals surface area (Å²) in [5.41, 5.74) is 0.413. The molecule has 1 saturated carbocycles. The van der Waals surface area contributed by atoms with Gasteiger partial charge in [0.1, 0.15) is 5.82 Å². The van der Waals surface area contributed by atoms with Crippen molar-refractivity contribution in [1.29, 1.82) is 0 Å². The summed E-state index contributed by atoms with van der Waals surface area (Å²) in [7, 11) is 0. The summed E-state index contributed by atoms with van der Waals surface area (Å²) < 4.78 is 19.3. The van der Waals surface area contributed by atoms with Crippen LogP contribution in [0.25, 0.3) is 0 Å². The van der Waals surface area contributed by atoms with Gasteiger partial charge < -0.3 is 9.84 Å². The zero-order valence-corrected chi connectivity index (χ0v) is 13.6. The van der Waals surface area contributed by atoms with Crippen LogP contribution in [0.2, 0.25) is 10.0 Å². The van der Waals surface area contributed by atoms with E-state index in [-0.39, 0.29) is 11.1 Å². The van der Waals surface area contributed by atoms with Gasteiger partial charge in [0.05, 0.1) is 11.6 Å². The SMILES string of the molecule is CC(NCc1nc(C2CCC2)no1)c1cc(Cl)cc(Cl)c1F. The Morgan fingerprint density at radius 2 is 2.18 bits per heavy atom. The van der Waals surface area contributed by atoms with Gasteiger partial charge in [-0.3, -0.25) is 0 Å². The molecular formula is C15H16Cl2FN3O. The minimum atomic E-state index is -0.466. The molecule has 1 aliphatic carbocycles. The van der Waals surface area contributed by atoms with Crippen molar-refractivity contribution in [3.8, 4) is 0 Å². The van der Waals surface area contributed by atoms with Gasteiger partial charge in [0.25, 0.3) is 0 Å². The lowest BCUT2D eigenvalue weighted by Gasteiger charge is -2.20. The first-order valence-electron chi connectivity index (χ1n) is 7.25. The summed E-state index contributed by atoms with van der Waals surface area (Å²) in [6.45, 7) is 2.19. The average molecular weight is 344 g/mol. The molecule has 1 aromatic carbocycles. The van der Waals surface area contributed by atoms with Gasteiger partial charge >= 0.3 is 0 Å². The van der Waals surface area contributed by atoms with Crippen LogP contribution in [-0.4, -0.2) is 10.1 Å². The van der Waals surface area contributed by atoms with Crippen LogP contribution in [0.1, 0.15) is 55.4 Å². The maximum absolute atomic E-state index is 14.0. The third kappa shape index (κ3) is 3.26. The molecule has 1 aliphatic rings. The van der Waals surface area contributed by atoms with E-state index in [9.17, 15) is 4.39 Å². The van der Waals surface area contributed by atoms with Crippen molar-refractivity contribution in [2.24, 2.45) is 0 Å². The maximum Gasteiger partial charge on any atom is 0.240 e. The van der Waals surface area contributed by atoms with E-state index in [1.54, 1.807) is 6.07 Å². The van der Waals surface area contributed by atoms with Gasteiger partial charge in [-0.25, -0.2) is 4.39 Å². The summed E-state index contributed by atoms with van der Waals surface area (Å²) in [5.74, 6) is 1.24. The molecular weight excluding hydrogens is 328 g/mol. The van der Waals surface area contributed by atoms with Gasteiger partial charge in [-0.2, -0.15) is 4.98 Å². The smallest absolute Gasteiger partial charge is 0.240 e. The van der Waals surface area contributed by atoms with E-state index in [1.165, 1.54) is 12.5 Å². The quantitative estimate of drug-likeness (QED) is 0.803. The second-order valence-electron chi connectivity index (χ2n) is 5.57. The van der Waals surface area contributed by atoms with Gasteiger partial charge in [-0.15, -0.1) is 0 Å². The van der Waals surface area contributed by atoms with Crippen molar-refractivity contribution in [1.82, 2.24) is 15.5 Å². The highest BCUT2D eigenvalue weighted by molar-refractivity contribution is 6.34. The van der Waals surface area contributed by atoms with Crippen molar-refractivity contribution in [2.75, 3.05) is 0 Å². The number of aromatic nitrogens is 2. The fraction of sp³-hybridized carbons (Fsp3) is 0.467. The third-order valence-corrected chi connectivity index (χ3v) is 4.49. The highest BCUT2D eigenvalue weighted by Gasteiger charge is 2.24. The van der Waals surface area contributed by atoms with Crippen molar-refractivity contribution in [3.63, 3.8) is 0 Å². The second-order valence-corrected chi connectivity index (χ2v) is 6.41. The summed E-state index contributed by atoms with van der Waals surface area (Å²) in [4.78, 5) is 4.37. The highest BCUT2D eigenvalue weighted by Crippen LogP contribution is 2.34. The van der Waals surface area contributed by atoms with Crippen LogP contribution in [0.5, 0.6) is 0 Å². The summed E-state index contributed by atoms with van der Waals surface area (Å²) >= 11 is 11.7. The lowest BCUT2D eigenvalue weighted by Crippen LogP contribution is -2.19. The molecule has 0 aliphatic heterocycles. The zero-order chi connectivity index (χ0) is 15.7. The predicted octanol–water partition coefficient (Wildman–Crippen LogP) is 4.63. The fourth-order valence-corrected chi connectivity index (χ4v) is 2.92. The monoisotopic (exact) mass is 343 g/mol. The first kappa shape index (κ1) is 15.7. The predicted molar refractivity (Wildman–Crippen MR) is 82.6 cm³/mol. The standard InChI is InChI=1S/C15H16Cl2FN3O/c1-8(11-5-10(16)6-12(17)14(11)18)19-7-13-20-15(21-22-13)9-3-2-4-9/h5-6,8-9,19H,2-4,7H2,1H3. The average Bonchev–Trinajstić information content (AvgIpc) is 2.86. The number of rotatable bonds is 5. The summed E-state index contributed by atoms with van der Waals surface area (Å²) in [6, 6.07) is 2.67. The van der Waals surface area contributed by atoms with Crippen molar-refractivity contribution in [3.05, 3.63) is 45.3 Å². The number of hydrogen-bond donors (Lipinski definition) is 1. The van der Waals surface area contributed by atoms with E-state index in [0.29, 0.717) is 28.9 Å². The first-order chi connectivity index (χ1) is 10.5. The van der Waals surface area contributed by atoms with Crippen molar-refractivity contribution >= 4 is 23.2 Å². The molecule has 0 bridgehead atoms. The molecule has 0 spiro atoms. The van der Waals surface area contributed by atoms with Crippen LogP contribution < -0.4 is 5.32 Å². The number of nitrogens with zero attached hydrogens (tertiary/aromatic N) is 2. The van der Waals surface area contributed by atoms with E-state index in [0.717, 1.165) is 18.7 Å². The molecule has 118 valence electrons. The van der Waals surface area contributed by atoms with Crippen molar-refractivity contribution < 1.29 is 8.91 Å². The Labute approximate surface area is 138 Å². The molecule has 0 radical (unpaired) electrons. The molecule has 0 saturated heterocycles. The van der Waals surface area contributed by atoms with Crippen LogP contribution >= 0.6 is 23.2 Å². The highest BCUT2D eigenvalue weighted by atomic mass is 35.5. The summed E-state index contributed by atoms with van der Waals surface area (Å²) in [5, 5.41) is 7.56. The molecule has 3 rings (SSSR count). The van der Waals surface area contributed by atoms with Crippen LogP contribution in [0.4, 0.5) is 4.39 Å². The molecule has 1 N–H and O–H groups in total. The molecule has 1 aromatic heterocycles. The Kier molecular flexibility index (Phi) is 4.66. The minimum Gasteiger partial charge on any atom is -0.338 e. The lowest BCUT2D eigenvalue weighted by atomic mass is 9.85. The zero-order valence-electron chi connectivity index (χ0n) is 12.1. The van der Waals surface area contributed by atoms with E-state index in [1.807, 2.05) is 6.92 Å². The maximum atomic E-state index is 14.0. The lowest BCUT2D eigenvalue weighted by molar-refractivity contribution is 0.338. The molecule has 0 amide bonds. The van der Waals surface area contributed by atoms with E-state index in [2.05, 4.69) is 15.5 Å². The molecule has 1 unspecified atom stereocenters. The second kappa shape index (κ2) is 6.52. The topological polar surface area (TPSA) is 51.0 Å². The molecule has 22 heavy (non-hydrogen) atoms. The van der Waals surface area contributed by atoms with Crippen LogP contribution in [-0.2, 0) is 6.54 Å². The molecule has 1 atom stereocenters. The molecule has 1 heterocycles. The Hall–Kier alpha value is -1.17.